The molecular formula is C25H31N5O4S. The van der Waals surface area contributed by atoms with Crippen molar-refractivity contribution in [2.75, 3.05) is 38.7 Å². The van der Waals surface area contributed by atoms with Crippen molar-refractivity contribution in [3.05, 3.63) is 78.1 Å². The van der Waals surface area contributed by atoms with Crippen LogP contribution in [0.15, 0.2) is 71.9 Å². The first kappa shape index (κ1) is 25.1. The highest BCUT2D eigenvalue weighted by molar-refractivity contribution is 7.89. The molecule has 1 fully saturated rings. The number of nitrogens with one attached hydrogen (secondary N) is 1. The van der Waals surface area contributed by atoms with Crippen molar-refractivity contribution in [2.45, 2.75) is 31.0 Å². The number of morpholine rings is 1. The van der Waals surface area contributed by atoms with Gasteiger partial charge in [-0.25, -0.2) is 8.42 Å². The Morgan fingerprint density at radius 2 is 1.86 bits per heavy atom. The van der Waals surface area contributed by atoms with Crippen LogP contribution in [0.3, 0.4) is 0 Å². The second-order valence-corrected chi connectivity index (χ2v) is 10.6. The lowest BCUT2D eigenvalue weighted by atomic mass is 10.2. The number of benzene rings is 2. The van der Waals surface area contributed by atoms with E-state index >= 15 is 0 Å². The number of amides is 1. The van der Waals surface area contributed by atoms with Gasteiger partial charge in [0.2, 0.25) is 15.9 Å². The van der Waals surface area contributed by atoms with Gasteiger partial charge in [-0.1, -0.05) is 36.4 Å². The number of anilines is 1. The van der Waals surface area contributed by atoms with Crippen molar-refractivity contribution in [1.82, 2.24) is 19.0 Å². The number of ether oxygens (including phenoxy) is 1. The van der Waals surface area contributed by atoms with Crippen molar-refractivity contribution in [1.29, 1.82) is 0 Å². The number of carbonyl (C=O) groups is 1. The monoisotopic (exact) mass is 497 g/mol. The van der Waals surface area contributed by atoms with Gasteiger partial charge in [-0.05, 0) is 37.7 Å². The summed E-state index contributed by atoms with van der Waals surface area (Å²) < 4.78 is 34.4. The molecule has 1 N–H and O–H groups in total. The highest BCUT2D eigenvalue weighted by Gasteiger charge is 2.27. The van der Waals surface area contributed by atoms with E-state index in [4.69, 9.17) is 4.74 Å². The van der Waals surface area contributed by atoms with Crippen LogP contribution in [0.1, 0.15) is 18.1 Å². The number of carbonyl (C=O) groups excluding carboxylic acids is 1. The van der Waals surface area contributed by atoms with Crippen LogP contribution in [-0.4, -0.2) is 72.7 Å². The summed E-state index contributed by atoms with van der Waals surface area (Å²) in [5, 5.41) is 7.28. The summed E-state index contributed by atoms with van der Waals surface area (Å²) in [6.45, 7) is 4.46. The number of hydrogen-bond acceptors (Lipinski definition) is 6. The zero-order valence-corrected chi connectivity index (χ0v) is 20.8. The van der Waals surface area contributed by atoms with Crippen LogP contribution in [-0.2, 0) is 32.6 Å². The summed E-state index contributed by atoms with van der Waals surface area (Å²) >= 11 is 0. The van der Waals surface area contributed by atoms with Gasteiger partial charge in [0.15, 0.2) is 0 Å². The van der Waals surface area contributed by atoms with Gasteiger partial charge in [-0.3, -0.25) is 14.4 Å². The molecule has 0 radical (unpaired) electrons. The molecule has 1 aromatic heterocycles. The summed E-state index contributed by atoms with van der Waals surface area (Å²) in [6, 6.07) is 16.0. The van der Waals surface area contributed by atoms with Crippen molar-refractivity contribution < 1.29 is 17.9 Å². The number of rotatable bonds is 9. The van der Waals surface area contributed by atoms with Crippen LogP contribution < -0.4 is 5.32 Å². The zero-order valence-electron chi connectivity index (χ0n) is 20.0. The molecule has 0 spiro atoms. The van der Waals surface area contributed by atoms with Crippen LogP contribution in [0.5, 0.6) is 0 Å². The molecule has 10 heteroatoms. The molecule has 1 atom stereocenters. The zero-order chi connectivity index (χ0) is 24.8. The smallest absolute Gasteiger partial charge is 0.243 e. The normalized spacial score (nSPS) is 15.7. The van der Waals surface area contributed by atoms with Crippen molar-refractivity contribution in [3.63, 3.8) is 0 Å². The first-order chi connectivity index (χ1) is 16.8. The van der Waals surface area contributed by atoms with E-state index in [1.165, 1.54) is 15.9 Å². The lowest BCUT2D eigenvalue weighted by Crippen LogP contribution is -2.40. The first-order valence-corrected chi connectivity index (χ1v) is 13.0. The van der Waals surface area contributed by atoms with Crippen LogP contribution in [0.25, 0.3) is 0 Å². The molecule has 35 heavy (non-hydrogen) atoms. The van der Waals surface area contributed by atoms with Crippen molar-refractivity contribution >= 4 is 21.6 Å². The Morgan fingerprint density at radius 1 is 1.11 bits per heavy atom. The van der Waals surface area contributed by atoms with Gasteiger partial charge in [-0.15, -0.1) is 0 Å². The number of aromatic nitrogens is 2. The van der Waals surface area contributed by atoms with E-state index in [-0.39, 0.29) is 10.8 Å². The Hall–Kier alpha value is -3.05. The highest BCUT2D eigenvalue weighted by atomic mass is 32.2. The van der Waals surface area contributed by atoms with E-state index in [0.29, 0.717) is 45.1 Å². The lowest BCUT2D eigenvalue weighted by molar-refractivity contribution is -0.120. The minimum Gasteiger partial charge on any atom is -0.379 e. The minimum atomic E-state index is -3.64. The molecule has 9 nitrogen and oxygen atoms in total. The number of sulfonamides is 1. The minimum absolute atomic E-state index is 0.157. The van der Waals surface area contributed by atoms with E-state index in [1.807, 2.05) is 54.1 Å². The van der Waals surface area contributed by atoms with E-state index in [0.717, 1.165) is 5.56 Å². The van der Waals surface area contributed by atoms with E-state index in [1.54, 1.807) is 18.2 Å². The number of likely N-dealkylation sites (N-methyl/N-ethyl adjacent to an activating group) is 1. The quantitative estimate of drug-likeness (QED) is 0.488. The second kappa shape index (κ2) is 11.1. The SMILES string of the molecule is C[C@@H](C(=O)Nc1cccc(S(=O)(=O)N2CCOCC2)c1)N(C)Cc1cnn(Cc2ccccc2)c1. The topological polar surface area (TPSA) is 96.8 Å². The third kappa shape index (κ3) is 6.34. The predicted octanol–water partition coefficient (Wildman–Crippen LogP) is 2.41. The molecule has 2 aromatic carbocycles. The summed E-state index contributed by atoms with van der Waals surface area (Å²) in [4.78, 5) is 15.0. The highest BCUT2D eigenvalue weighted by Crippen LogP contribution is 2.21. The summed E-state index contributed by atoms with van der Waals surface area (Å²) in [6.07, 6.45) is 3.79. The standard InChI is InChI=1S/C25H31N5O4S/c1-20(28(2)17-22-16-26-29(19-22)18-21-7-4-3-5-8-21)25(31)27-23-9-6-10-24(15-23)35(32,33)30-11-13-34-14-12-30/h3-10,15-16,19-20H,11-14,17-18H2,1-2H3,(H,27,31)/t20-/m0/s1. The number of hydrogen-bond donors (Lipinski definition) is 1. The largest absolute Gasteiger partial charge is 0.379 e. The number of nitrogens with zero attached hydrogens (tertiary/aromatic N) is 4. The average Bonchev–Trinajstić information content (AvgIpc) is 3.31. The summed E-state index contributed by atoms with van der Waals surface area (Å²) in [7, 11) is -1.76. The Morgan fingerprint density at radius 3 is 2.60 bits per heavy atom. The fourth-order valence-corrected chi connectivity index (χ4v) is 5.34. The van der Waals surface area contributed by atoms with Crippen LogP contribution in [0.4, 0.5) is 5.69 Å². The molecule has 0 unspecified atom stereocenters. The average molecular weight is 498 g/mol. The van der Waals surface area contributed by atoms with Gasteiger partial charge < -0.3 is 10.1 Å². The van der Waals surface area contributed by atoms with Crippen molar-refractivity contribution in [2.24, 2.45) is 0 Å². The van der Waals surface area contributed by atoms with Gasteiger partial charge in [-0.2, -0.15) is 9.40 Å². The van der Waals surface area contributed by atoms with Gasteiger partial charge in [0.1, 0.15) is 0 Å². The van der Waals surface area contributed by atoms with E-state index in [2.05, 4.69) is 22.5 Å². The molecule has 0 bridgehead atoms. The molecule has 1 amide bonds. The second-order valence-electron chi connectivity index (χ2n) is 8.66. The van der Waals surface area contributed by atoms with Gasteiger partial charge >= 0.3 is 0 Å². The maximum Gasteiger partial charge on any atom is 0.243 e. The Bertz CT molecular complexity index is 1240. The fraction of sp³-hybridized carbons (Fsp3) is 0.360. The van der Waals surface area contributed by atoms with Gasteiger partial charge in [0.05, 0.1) is 36.9 Å². The summed E-state index contributed by atoms with van der Waals surface area (Å²) in [5.41, 5.74) is 2.61. The van der Waals surface area contributed by atoms with Crippen molar-refractivity contribution in [3.8, 4) is 0 Å². The van der Waals surface area contributed by atoms with Crippen LogP contribution >= 0.6 is 0 Å². The lowest BCUT2D eigenvalue weighted by Gasteiger charge is -2.26. The van der Waals surface area contributed by atoms with Gasteiger partial charge in [0, 0.05) is 37.1 Å². The van der Waals surface area contributed by atoms with Gasteiger partial charge in [0.25, 0.3) is 0 Å². The molecule has 186 valence electrons. The molecule has 4 rings (SSSR count). The van der Waals surface area contributed by atoms with E-state index in [9.17, 15) is 13.2 Å². The predicted molar refractivity (Wildman–Crippen MR) is 133 cm³/mol. The Balaban J connectivity index is 1.35. The van der Waals surface area contributed by atoms with Crippen LogP contribution in [0, 0.1) is 0 Å². The first-order valence-electron chi connectivity index (χ1n) is 11.6. The molecule has 1 saturated heterocycles. The maximum absolute atomic E-state index is 12.9. The van der Waals surface area contributed by atoms with Crippen LogP contribution in [0.2, 0.25) is 0 Å². The molecular weight excluding hydrogens is 466 g/mol. The molecule has 1 aliphatic rings. The molecule has 0 saturated carbocycles. The fourth-order valence-electron chi connectivity index (χ4n) is 3.89. The molecule has 1 aliphatic heterocycles. The molecule has 3 aromatic rings. The molecule has 0 aliphatic carbocycles. The Kier molecular flexibility index (Phi) is 7.97. The van der Waals surface area contributed by atoms with E-state index < -0.39 is 16.1 Å². The third-order valence-corrected chi connectivity index (χ3v) is 7.95. The summed E-state index contributed by atoms with van der Waals surface area (Å²) in [5.74, 6) is -0.218. The molecule has 2 heterocycles. The third-order valence-electron chi connectivity index (χ3n) is 6.06. The Labute approximate surface area is 206 Å². The maximum atomic E-state index is 12.9.